The van der Waals surface area contributed by atoms with Gasteiger partial charge in [-0.15, -0.1) is 0 Å². The average Bonchev–Trinajstić information content (AvgIpc) is 3.17. The first-order chi connectivity index (χ1) is 11.9. The van der Waals surface area contributed by atoms with E-state index in [1.165, 1.54) is 38.5 Å². The summed E-state index contributed by atoms with van der Waals surface area (Å²) in [6.07, 6.45) is 4.51. The summed E-state index contributed by atoms with van der Waals surface area (Å²) in [6, 6.07) is 21.6. The molecule has 2 atom stereocenters. The van der Waals surface area contributed by atoms with Crippen molar-refractivity contribution in [2.24, 2.45) is 0 Å². The van der Waals surface area contributed by atoms with Crippen LogP contribution < -0.4 is 4.74 Å². The average molecular weight is 309 g/mol. The Hall–Kier alpha value is -3.00. The zero-order valence-corrected chi connectivity index (χ0v) is 13.0. The molecule has 0 spiro atoms. The number of nitrogens with one attached hydrogen (secondary N) is 1. The molecule has 114 valence electrons. The number of para-hydroxylation sites is 2. The van der Waals surface area contributed by atoms with E-state index in [0.29, 0.717) is 5.92 Å². The van der Waals surface area contributed by atoms with Crippen LogP contribution in [0.4, 0.5) is 0 Å². The Morgan fingerprint density at radius 1 is 0.792 bits per heavy atom. The van der Waals surface area contributed by atoms with E-state index in [-0.39, 0.29) is 6.10 Å². The van der Waals surface area contributed by atoms with Crippen LogP contribution >= 0.6 is 0 Å². The molecule has 0 fully saturated rings. The number of aromatic amines is 1. The van der Waals surface area contributed by atoms with Crippen molar-refractivity contribution < 1.29 is 4.74 Å². The molecule has 1 aliphatic heterocycles. The Balaban J connectivity index is 1.67. The molecular weight excluding hydrogens is 294 g/mol. The summed E-state index contributed by atoms with van der Waals surface area (Å²) in [5.41, 5.74) is 6.34. The highest BCUT2D eigenvalue weighted by atomic mass is 16.5. The van der Waals surface area contributed by atoms with E-state index in [0.717, 1.165) is 5.75 Å². The van der Waals surface area contributed by atoms with E-state index in [4.69, 9.17) is 4.74 Å². The first kappa shape index (κ1) is 12.4. The summed E-state index contributed by atoms with van der Waals surface area (Å²) in [5, 5.41) is 2.58. The Kier molecular flexibility index (Phi) is 2.22. The summed E-state index contributed by atoms with van der Waals surface area (Å²) < 4.78 is 6.15. The van der Waals surface area contributed by atoms with Crippen LogP contribution in [0.25, 0.3) is 27.9 Å². The predicted molar refractivity (Wildman–Crippen MR) is 97.5 cm³/mol. The molecule has 2 unspecified atom stereocenters. The lowest BCUT2D eigenvalue weighted by atomic mass is 9.81. The molecule has 1 aliphatic carbocycles. The van der Waals surface area contributed by atoms with Gasteiger partial charge in [-0.2, -0.15) is 0 Å². The molecule has 2 aliphatic rings. The third kappa shape index (κ3) is 1.50. The van der Waals surface area contributed by atoms with Crippen molar-refractivity contribution in [3.05, 3.63) is 83.4 Å². The molecule has 0 amide bonds. The summed E-state index contributed by atoms with van der Waals surface area (Å²) >= 11 is 0. The van der Waals surface area contributed by atoms with Crippen molar-refractivity contribution in [2.45, 2.75) is 12.0 Å². The third-order valence-electron chi connectivity index (χ3n) is 5.36. The fraction of sp³-hybridized carbons (Fsp3) is 0.0909. The Bertz CT molecular complexity index is 1150. The van der Waals surface area contributed by atoms with Crippen molar-refractivity contribution in [3.63, 3.8) is 0 Å². The molecule has 1 N–H and O–H groups in total. The van der Waals surface area contributed by atoms with Gasteiger partial charge in [0.15, 0.2) is 0 Å². The lowest BCUT2D eigenvalue weighted by Gasteiger charge is -2.23. The SMILES string of the molecule is C1=CC2Oc3ccccc3C2c2cc3c(cc21)[nH]c1ccccc13. The smallest absolute Gasteiger partial charge is 0.128 e. The summed E-state index contributed by atoms with van der Waals surface area (Å²) in [7, 11) is 0. The number of hydrogen-bond acceptors (Lipinski definition) is 1. The maximum atomic E-state index is 6.15. The summed E-state index contributed by atoms with van der Waals surface area (Å²) in [5.74, 6) is 1.31. The molecule has 0 saturated heterocycles. The fourth-order valence-corrected chi connectivity index (χ4v) is 4.27. The highest BCUT2D eigenvalue weighted by molar-refractivity contribution is 6.08. The van der Waals surface area contributed by atoms with Crippen LogP contribution in [0, 0.1) is 0 Å². The van der Waals surface area contributed by atoms with Gasteiger partial charge in [0.1, 0.15) is 11.9 Å². The molecule has 2 heterocycles. The van der Waals surface area contributed by atoms with Crippen molar-refractivity contribution >= 4 is 27.9 Å². The molecule has 0 saturated carbocycles. The van der Waals surface area contributed by atoms with Crippen LogP contribution in [0.5, 0.6) is 5.75 Å². The van der Waals surface area contributed by atoms with E-state index in [9.17, 15) is 0 Å². The number of aromatic nitrogens is 1. The second kappa shape index (κ2) is 4.30. The normalized spacial score (nSPS) is 20.7. The van der Waals surface area contributed by atoms with Crippen molar-refractivity contribution in [1.82, 2.24) is 4.98 Å². The zero-order chi connectivity index (χ0) is 15.7. The number of rotatable bonds is 0. The fourth-order valence-electron chi connectivity index (χ4n) is 4.27. The molecule has 2 heteroatoms. The molecular formula is C22H15NO. The molecule has 3 aromatic carbocycles. The van der Waals surface area contributed by atoms with Crippen LogP contribution in [0.3, 0.4) is 0 Å². The lowest BCUT2D eigenvalue weighted by Crippen LogP contribution is -2.20. The maximum absolute atomic E-state index is 6.15. The van der Waals surface area contributed by atoms with Gasteiger partial charge in [0.25, 0.3) is 0 Å². The molecule has 24 heavy (non-hydrogen) atoms. The van der Waals surface area contributed by atoms with Gasteiger partial charge in [-0.25, -0.2) is 0 Å². The van der Waals surface area contributed by atoms with Crippen LogP contribution in [0.2, 0.25) is 0 Å². The van der Waals surface area contributed by atoms with Crippen LogP contribution in [0.15, 0.2) is 66.7 Å². The van der Waals surface area contributed by atoms with Crippen LogP contribution in [0.1, 0.15) is 22.6 Å². The summed E-state index contributed by atoms with van der Waals surface area (Å²) in [6.45, 7) is 0. The van der Waals surface area contributed by atoms with Gasteiger partial charge in [0.05, 0.1) is 5.92 Å². The first-order valence-corrected chi connectivity index (χ1v) is 8.37. The van der Waals surface area contributed by atoms with Gasteiger partial charge in [-0.05, 0) is 41.5 Å². The Morgan fingerprint density at radius 3 is 2.67 bits per heavy atom. The van der Waals surface area contributed by atoms with Crippen molar-refractivity contribution in [2.75, 3.05) is 0 Å². The van der Waals surface area contributed by atoms with Gasteiger partial charge >= 0.3 is 0 Å². The minimum atomic E-state index is 0.109. The first-order valence-electron chi connectivity index (χ1n) is 8.37. The molecule has 0 radical (unpaired) electrons. The second-order valence-corrected chi connectivity index (χ2v) is 6.65. The highest BCUT2D eigenvalue weighted by Crippen LogP contribution is 2.47. The lowest BCUT2D eigenvalue weighted by molar-refractivity contribution is 0.267. The van der Waals surface area contributed by atoms with Crippen molar-refractivity contribution in [1.29, 1.82) is 0 Å². The topological polar surface area (TPSA) is 25.0 Å². The van der Waals surface area contributed by atoms with Gasteiger partial charge in [-0.1, -0.05) is 42.5 Å². The maximum Gasteiger partial charge on any atom is 0.128 e. The molecule has 6 rings (SSSR count). The minimum absolute atomic E-state index is 0.109. The predicted octanol–water partition coefficient (Wildman–Crippen LogP) is 5.24. The van der Waals surface area contributed by atoms with Gasteiger partial charge < -0.3 is 9.72 Å². The summed E-state index contributed by atoms with van der Waals surface area (Å²) in [4.78, 5) is 3.54. The van der Waals surface area contributed by atoms with E-state index in [1.807, 2.05) is 6.07 Å². The zero-order valence-electron chi connectivity index (χ0n) is 13.0. The molecule has 2 nitrogen and oxygen atoms in total. The second-order valence-electron chi connectivity index (χ2n) is 6.65. The Labute approximate surface area is 139 Å². The largest absolute Gasteiger partial charge is 0.485 e. The van der Waals surface area contributed by atoms with Gasteiger partial charge in [0, 0.05) is 27.4 Å². The van der Waals surface area contributed by atoms with Crippen molar-refractivity contribution in [3.8, 4) is 5.75 Å². The van der Waals surface area contributed by atoms with E-state index in [1.54, 1.807) is 0 Å². The van der Waals surface area contributed by atoms with Gasteiger partial charge in [0.2, 0.25) is 0 Å². The minimum Gasteiger partial charge on any atom is -0.485 e. The van der Waals surface area contributed by atoms with Crippen LogP contribution in [-0.2, 0) is 0 Å². The third-order valence-corrected chi connectivity index (χ3v) is 5.36. The highest BCUT2D eigenvalue weighted by Gasteiger charge is 2.37. The standard InChI is InChI=1S/C22H15NO/c1-3-7-18-14(5-1)17-12-16-13(11-19(17)23-18)9-10-21-22(16)15-6-2-4-8-20(15)24-21/h1-12,21-23H. The quantitative estimate of drug-likeness (QED) is 0.472. The number of fused-ring (bicyclic) bond motifs is 8. The monoisotopic (exact) mass is 309 g/mol. The molecule has 0 bridgehead atoms. The van der Waals surface area contributed by atoms with Crippen LogP contribution in [-0.4, -0.2) is 11.1 Å². The van der Waals surface area contributed by atoms with E-state index >= 15 is 0 Å². The number of H-pyrrole nitrogens is 1. The molecule has 1 aromatic heterocycles. The number of benzene rings is 3. The van der Waals surface area contributed by atoms with E-state index in [2.05, 4.69) is 71.7 Å². The Morgan fingerprint density at radius 2 is 1.67 bits per heavy atom. The van der Waals surface area contributed by atoms with Gasteiger partial charge in [-0.3, -0.25) is 0 Å². The molecule has 4 aromatic rings. The van der Waals surface area contributed by atoms with E-state index < -0.39 is 0 Å². The number of hydrogen-bond donors (Lipinski definition) is 1. The number of ether oxygens (including phenoxy) is 1.